The first-order valence-electron chi connectivity index (χ1n) is 13.6. The molecule has 0 saturated heterocycles. The Morgan fingerprint density at radius 3 is 2.11 bits per heavy atom. The molecule has 3 aromatic carbocycles. The Morgan fingerprint density at radius 2 is 1.45 bits per heavy atom. The quantitative estimate of drug-likeness (QED) is 0.163. The molecule has 1 aliphatic heterocycles. The number of aromatic hydroxyl groups is 3. The molecule has 0 fully saturated rings. The third-order valence-corrected chi connectivity index (χ3v) is 8.30. The zero-order valence-electron chi connectivity index (χ0n) is 24.2. The number of hydrogen-bond acceptors (Lipinski definition) is 12. The normalized spacial score (nSPS) is 22.9. The molecule has 228 valence electrons. The van der Waals surface area contributed by atoms with E-state index in [1.54, 1.807) is 0 Å². The topological polar surface area (TPSA) is 197 Å². The van der Waals surface area contributed by atoms with Crippen molar-refractivity contribution in [3.8, 4) is 39.9 Å². The zero-order valence-corrected chi connectivity index (χ0v) is 24.2. The number of ketones is 3. The molecular formula is C32H28O12. The Kier molecular flexibility index (Phi) is 6.31. The van der Waals surface area contributed by atoms with Crippen molar-refractivity contribution >= 4 is 34.1 Å². The lowest BCUT2D eigenvalue weighted by Gasteiger charge is -2.31. The van der Waals surface area contributed by atoms with Crippen LogP contribution in [0, 0.1) is 0 Å². The molecule has 3 aliphatic rings. The summed E-state index contributed by atoms with van der Waals surface area (Å²) in [6, 6.07) is 2.60. The molecule has 2 aliphatic carbocycles. The average molecular weight is 605 g/mol. The van der Waals surface area contributed by atoms with Crippen molar-refractivity contribution in [1.29, 1.82) is 0 Å². The molecular weight excluding hydrogens is 576 g/mol. The molecule has 0 amide bonds. The smallest absolute Gasteiger partial charge is 0.314 e. The number of esters is 1. The van der Waals surface area contributed by atoms with Gasteiger partial charge in [-0.05, 0) is 31.5 Å². The van der Waals surface area contributed by atoms with E-state index in [0.29, 0.717) is 0 Å². The number of carbonyl (C=O) groups excluding carboxylic acids is 4. The summed E-state index contributed by atoms with van der Waals surface area (Å²) in [5.74, 6) is -5.68. The highest BCUT2D eigenvalue weighted by Gasteiger charge is 2.42. The molecule has 2 atom stereocenters. The molecule has 44 heavy (non-hydrogen) atoms. The molecule has 3 aromatic rings. The summed E-state index contributed by atoms with van der Waals surface area (Å²) in [7, 11) is 2.47. The van der Waals surface area contributed by atoms with Crippen LogP contribution in [-0.2, 0) is 22.4 Å². The van der Waals surface area contributed by atoms with Gasteiger partial charge in [0.05, 0.1) is 53.9 Å². The van der Waals surface area contributed by atoms with Crippen LogP contribution in [0.5, 0.6) is 28.7 Å². The minimum Gasteiger partial charge on any atom is -0.507 e. The number of allylic oxidation sites excluding steroid dienone is 2. The number of methoxy groups -OCH3 is 2. The lowest BCUT2D eigenvalue weighted by Crippen LogP contribution is -2.35. The van der Waals surface area contributed by atoms with Gasteiger partial charge in [0.1, 0.15) is 23.0 Å². The second-order valence-electron chi connectivity index (χ2n) is 11.9. The summed E-state index contributed by atoms with van der Waals surface area (Å²) in [4.78, 5) is 52.7. The van der Waals surface area contributed by atoms with E-state index in [9.17, 15) is 44.7 Å². The second-order valence-corrected chi connectivity index (χ2v) is 11.9. The van der Waals surface area contributed by atoms with Crippen LogP contribution in [0.4, 0.5) is 0 Å². The lowest BCUT2D eigenvalue weighted by molar-refractivity contribution is -0.138. The second kappa shape index (κ2) is 9.53. The monoisotopic (exact) mass is 604 g/mol. The number of phenolic OH excluding ortho intramolecular Hbond substituents is 3. The molecule has 0 spiro atoms. The van der Waals surface area contributed by atoms with E-state index in [1.165, 1.54) is 40.2 Å². The van der Waals surface area contributed by atoms with Crippen molar-refractivity contribution in [2.24, 2.45) is 0 Å². The van der Waals surface area contributed by atoms with Crippen LogP contribution in [0.2, 0.25) is 0 Å². The van der Waals surface area contributed by atoms with Gasteiger partial charge in [0.15, 0.2) is 23.1 Å². The van der Waals surface area contributed by atoms with Crippen LogP contribution >= 0.6 is 0 Å². The molecule has 0 saturated carbocycles. The number of carbonyl (C=O) groups is 4. The van der Waals surface area contributed by atoms with Gasteiger partial charge in [0.2, 0.25) is 5.78 Å². The summed E-state index contributed by atoms with van der Waals surface area (Å²) >= 11 is 0. The fourth-order valence-corrected chi connectivity index (χ4v) is 6.50. The van der Waals surface area contributed by atoms with Gasteiger partial charge in [0.25, 0.3) is 0 Å². The van der Waals surface area contributed by atoms with Gasteiger partial charge in [-0.25, -0.2) is 0 Å². The van der Waals surface area contributed by atoms with Gasteiger partial charge >= 0.3 is 5.97 Å². The third kappa shape index (κ3) is 4.20. The molecule has 0 radical (unpaired) electrons. The Bertz CT molecular complexity index is 1910. The van der Waals surface area contributed by atoms with Gasteiger partial charge in [-0.1, -0.05) is 0 Å². The minimum absolute atomic E-state index is 0.0160. The predicted molar refractivity (Wildman–Crippen MR) is 153 cm³/mol. The first-order valence-corrected chi connectivity index (χ1v) is 13.6. The summed E-state index contributed by atoms with van der Waals surface area (Å²) in [6.07, 6.45) is -0.493. The van der Waals surface area contributed by atoms with Crippen LogP contribution in [0.15, 0.2) is 24.0 Å². The maximum atomic E-state index is 13.3. The first kappa shape index (κ1) is 29.1. The van der Waals surface area contributed by atoms with Gasteiger partial charge < -0.3 is 39.7 Å². The number of ether oxygens (including phenoxy) is 3. The number of hydrogen-bond donors (Lipinski definition) is 5. The summed E-state index contributed by atoms with van der Waals surface area (Å²) in [6.45, 7) is 2.77. The molecule has 12 nitrogen and oxygen atoms in total. The summed E-state index contributed by atoms with van der Waals surface area (Å²) in [5.41, 5.74) is -4.32. The number of rotatable bonds is 2. The Morgan fingerprint density at radius 1 is 0.773 bits per heavy atom. The SMILES string of the molecule is COC1=CC(=O)c2c(cc3c(c2O)-c2c(OC)cc4c(O)c5c(c(O)c4c2OC(=O)CC(C)(O)C3)C(=O)CC(C)(O)C5)C1=O. The van der Waals surface area contributed by atoms with Crippen molar-refractivity contribution in [3.05, 3.63) is 51.8 Å². The van der Waals surface area contributed by atoms with Crippen LogP contribution in [0.1, 0.15) is 68.9 Å². The van der Waals surface area contributed by atoms with E-state index in [-0.39, 0.29) is 80.5 Å². The summed E-state index contributed by atoms with van der Waals surface area (Å²) in [5, 5.41) is 56.2. The molecule has 0 bridgehead atoms. The predicted octanol–water partition coefficient (Wildman–Crippen LogP) is 3.02. The molecule has 0 aromatic heterocycles. The average Bonchev–Trinajstić information content (AvgIpc) is 2.95. The molecule has 2 unspecified atom stereocenters. The highest BCUT2D eigenvalue weighted by atomic mass is 16.5. The van der Waals surface area contributed by atoms with Crippen molar-refractivity contribution in [3.63, 3.8) is 0 Å². The highest BCUT2D eigenvalue weighted by molar-refractivity contribution is 6.26. The van der Waals surface area contributed by atoms with Gasteiger partial charge in [-0.3, -0.25) is 19.2 Å². The summed E-state index contributed by atoms with van der Waals surface area (Å²) < 4.78 is 16.4. The van der Waals surface area contributed by atoms with Crippen molar-refractivity contribution in [2.45, 2.75) is 50.7 Å². The fourth-order valence-electron chi connectivity index (χ4n) is 6.50. The van der Waals surface area contributed by atoms with E-state index in [2.05, 4.69) is 0 Å². The van der Waals surface area contributed by atoms with E-state index in [4.69, 9.17) is 14.2 Å². The Balaban J connectivity index is 1.79. The van der Waals surface area contributed by atoms with Gasteiger partial charge in [-0.15, -0.1) is 0 Å². The standard InChI is InChI=1S/C32H28O12/c1-31(40)8-12-5-13-22(16(33)7-19(43-4)27(13)37)28(38)21(12)25-18(42-3)6-14-24(30(25)44-20(35)11-31)29(39)23-15(26(14)36)9-32(2,41)10-17(23)34/h5-7,36,38-41H,8-11H2,1-4H3. The molecule has 12 heteroatoms. The molecule has 5 N–H and O–H groups in total. The van der Waals surface area contributed by atoms with Crippen molar-refractivity contribution < 1.29 is 58.9 Å². The van der Waals surface area contributed by atoms with Crippen LogP contribution < -0.4 is 9.47 Å². The molecule has 1 heterocycles. The highest BCUT2D eigenvalue weighted by Crippen LogP contribution is 2.56. The number of fused-ring (bicyclic) bond motifs is 7. The lowest BCUT2D eigenvalue weighted by atomic mass is 9.77. The van der Waals surface area contributed by atoms with Crippen LogP contribution in [0.3, 0.4) is 0 Å². The van der Waals surface area contributed by atoms with Crippen LogP contribution in [-0.4, -0.2) is 74.3 Å². The van der Waals surface area contributed by atoms with Crippen molar-refractivity contribution in [2.75, 3.05) is 14.2 Å². The van der Waals surface area contributed by atoms with Gasteiger partial charge in [-0.2, -0.15) is 0 Å². The van der Waals surface area contributed by atoms with Crippen LogP contribution in [0.25, 0.3) is 21.9 Å². The van der Waals surface area contributed by atoms with E-state index in [0.717, 1.165) is 6.08 Å². The zero-order chi connectivity index (χ0) is 32.0. The number of benzene rings is 3. The Hall–Kier alpha value is -4.94. The maximum Gasteiger partial charge on any atom is 0.314 e. The third-order valence-electron chi connectivity index (χ3n) is 8.30. The fraction of sp³-hybridized carbons (Fsp3) is 0.312. The van der Waals surface area contributed by atoms with E-state index in [1.807, 2.05) is 0 Å². The van der Waals surface area contributed by atoms with E-state index >= 15 is 0 Å². The minimum atomic E-state index is -1.79. The number of aliphatic hydroxyl groups is 2. The Labute approximate surface area is 249 Å². The number of phenols is 3. The largest absolute Gasteiger partial charge is 0.507 e. The van der Waals surface area contributed by atoms with Crippen molar-refractivity contribution in [1.82, 2.24) is 0 Å². The maximum absolute atomic E-state index is 13.3. The first-order chi connectivity index (χ1) is 20.6. The number of Topliss-reactive ketones (excluding diaryl/α,β-unsaturated/α-hetero) is 2. The van der Waals surface area contributed by atoms with E-state index < -0.39 is 63.9 Å². The van der Waals surface area contributed by atoms with Gasteiger partial charge in [0, 0.05) is 47.4 Å². The molecule has 6 rings (SSSR count).